The van der Waals surface area contributed by atoms with Gasteiger partial charge in [-0.3, -0.25) is 0 Å². The third-order valence-electron chi connectivity index (χ3n) is 4.10. The number of hydrogen-bond donors (Lipinski definition) is 1. The van der Waals surface area contributed by atoms with Crippen molar-refractivity contribution in [3.63, 3.8) is 0 Å². The summed E-state index contributed by atoms with van der Waals surface area (Å²) in [6, 6.07) is 24.0. The molecule has 3 aromatic carbocycles. The first kappa shape index (κ1) is 17.9. The van der Waals surface area contributed by atoms with Gasteiger partial charge in [0.1, 0.15) is 23.4 Å². The maximum atomic E-state index is 6.06. The SMILES string of the molecule is Cc1ccc(C)c(OC(C)CNc2ccc(Oc3ccccc3)cc2)c1. The van der Waals surface area contributed by atoms with E-state index in [4.69, 9.17) is 9.47 Å². The zero-order valence-corrected chi connectivity index (χ0v) is 15.5. The van der Waals surface area contributed by atoms with Crippen LogP contribution in [-0.4, -0.2) is 12.6 Å². The van der Waals surface area contributed by atoms with Gasteiger partial charge in [-0.15, -0.1) is 0 Å². The Balaban J connectivity index is 1.52. The van der Waals surface area contributed by atoms with E-state index in [1.54, 1.807) is 0 Å². The molecule has 0 aliphatic heterocycles. The predicted octanol–water partition coefficient (Wildman–Crippen LogP) is 5.98. The zero-order valence-electron chi connectivity index (χ0n) is 15.5. The van der Waals surface area contributed by atoms with Crippen LogP contribution in [0.15, 0.2) is 72.8 Å². The van der Waals surface area contributed by atoms with E-state index in [0.29, 0.717) is 0 Å². The van der Waals surface area contributed by atoms with Gasteiger partial charge in [-0.2, -0.15) is 0 Å². The molecule has 3 rings (SSSR count). The second-order valence-corrected chi connectivity index (χ2v) is 6.52. The molecule has 1 N–H and O–H groups in total. The number of benzene rings is 3. The van der Waals surface area contributed by atoms with E-state index < -0.39 is 0 Å². The van der Waals surface area contributed by atoms with Crippen molar-refractivity contribution in [3.8, 4) is 17.2 Å². The summed E-state index contributed by atoms with van der Waals surface area (Å²) >= 11 is 0. The fourth-order valence-electron chi connectivity index (χ4n) is 2.62. The van der Waals surface area contributed by atoms with Crippen LogP contribution >= 0.6 is 0 Å². The molecule has 0 spiro atoms. The van der Waals surface area contributed by atoms with Crippen LogP contribution in [0.25, 0.3) is 0 Å². The smallest absolute Gasteiger partial charge is 0.127 e. The molecule has 0 saturated heterocycles. The molecule has 3 aromatic rings. The number of anilines is 1. The number of aryl methyl sites for hydroxylation is 2. The van der Waals surface area contributed by atoms with Crippen LogP contribution < -0.4 is 14.8 Å². The molecule has 0 heterocycles. The highest BCUT2D eigenvalue weighted by atomic mass is 16.5. The quantitative estimate of drug-likeness (QED) is 0.571. The molecule has 0 aliphatic carbocycles. The molecule has 0 aliphatic rings. The third kappa shape index (κ3) is 5.03. The lowest BCUT2D eigenvalue weighted by Crippen LogP contribution is -2.23. The van der Waals surface area contributed by atoms with E-state index in [-0.39, 0.29) is 6.10 Å². The van der Waals surface area contributed by atoms with Crippen LogP contribution in [-0.2, 0) is 0 Å². The fraction of sp³-hybridized carbons (Fsp3) is 0.217. The van der Waals surface area contributed by atoms with Crippen LogP contribution in [0.4, 0.5) is 5.69 Å². The van der Waals surface area contributed by atoms with Gasteiger partial charge in [-0.25, -0.2) is 0 Å². The van der Waals surface area contributed by atoms with Crippen LogP contribution in [0.2, 0.25) is 0 Å². The largest absolute Gasteiger partial charge is 0.489 e. The van der Waals surface area contributed by atoms with Gasteiger partial charge in [0.2, 0.25) is 0 Å². The van der Waals surface area contributed by atoms with E-state index in [2.05, 4.69) is 44.3 Å². The van der Waals surface area contributed by atoms with Gasteiger partial charge < -0.3 is 14.8 Å². The van der Waals surface area contributed by atoms with Crippen LogP contribution in [0.3, 0.4) is 0 Å². The lowest BCUT2D eigenvalue weighted by Gasteiger charge is -2.18. The van der Waals surface area contributed by atoms with Crippen molar-refractivity contribution >= 4 is 5.69 Å². The van der Waals surface area contributed by atoms with E-state index in [0.717, 1.165) is 35.0 Å². The molecule has 0 radical (unpaired) electrons. The molecule has 3 nitrogen and oxygen atoms in total. The van der Waals surface area contributed by atoms with Crippen LogP contribution in [0.5, 0.6) is 17.2 Å². The molecule has 0 fully saturated rings. The molecular weight excluding hydrogens is 322 g/mol. The highest BCUT2D eigenvalue weighted by Gasteiger charge is 2.07. The maximum absolute atomic E-state index is 6.06. The Hall–Kier alpha value is -2.94. The average molecular weight is 347 g/mol. The molecule has 0 saturated carbocycles. The maximum Gasteiger partial charge on any atom is 0.127 e. The molecule has 26 heavy (non-hydrogen) atoms. The first-order valence-electron chi connectivity index (χ1n) is 8.91. The van der Waals surface area contributed by atoms with E-state index in [1.807, 2.05) is 54.6 Å². The average Bonchev–Trinajstić information content (AvgIpc) is 2.65. The van der Waals surface area contributed by atoms with Crippen LogP contribution in [0.1, 0.15) is 18.1 Å². The molecule has 134 valence electrons. The Bertz CT molecular complexity index is 829. The minimum Gasteiger partial charge on any atom is -0.489 e. The molecule has 3 heteroatoms. The first-order valence-corrected chi connectivity index (χ1v) is 8.91. The fourth-order valence-corrected chi connectivity index (χ4v) is 2.62. The Labute approximate surface area is 155 Å². The summed E-state index contributed by atoms with van der Waals surface area (Å²) in [6.45, 7) is 6.95. The summed E-state index contributed by atoms with van der Waals surface area (Å²) in [6.07, 6.45) is 0.0655. The van der Waals surface area contributed by atoms with Crippen molar-refractivity contribution in [2.45, 2.75) is 26.9 Å². The predicted molar refractivity (Wildman–Crippen MR) is 107 cm³/mol. The number of nitrogens with one attached hydrogen (secondary N) is 1. The van der Waals surface area contributed by atoms with Crippen molar-refractivity contribution in [1.29, 1.82) is 0 Å². The molecular formula is C23H25NO2. The Morgan fingerprint density at radius 3 is 2.27 bits per heavy atom. The molecule has 1 atom stereocenters. The van der Waals surface area contributed by atoms with Gasteiger partial charge in [0.25, 0.3) is 0 Å². The number of hydrogen-bond acceptors (Lipinski definition) is 3. The van der Waals surface area contributed by atoms with Gasteiger partial charge in [-0.1, -0.05) is 30.3 Å². The van der Waals surface area contributed by atoms with Crippen molar-refractivity contribution in [3.05, 3.63) is 83.9 Å². The van der Waals surface area contributed by atoms with Crippen molar-refractivity contribution < 1.29 is 9.47 Å². The molecule has 0 bridgehead atoms. The second-order valence-electron chi connectivity index (χ2n) is 6.52. The highest BCUT2D eigenvalue weighted by molar-refractivity contribution is 5.47. The van der Waals surface area contributed by atoms with Gasteiger partial charge in [0, 0.05) is 5.69 Å². The lowest BCUT2D eigenvalue weighted by molar-refractivity contribution is 0.233. The Kier molecular flexibility index (Phi) is 5.80. The van der Waals surface area contributed by atoms with E-state index >= 15 is 0 Å². The number of rotatable bonds is 7. The van der Waals surface area contributed by atoms with Gasteiger partial charge >= 0.3 is 0 Å². The zero-order chi connectivity index (χ0) is 18.4. The second kappa shape index (κ2) is 8.43. The third-order valence-corrected chi connectivity index (χ3v) is 4.10. The molecule has 0 amide bonds. The lowest BCUT2D eigenvalue weighted by atomic mass is 10.1. The van der Waals surface area contributed by atoms with Crippen LogP contribution in [0, 0.1) is 13.8 Å². The standard InChI is InChI=1S/C23H25NO2/c1-17-9-10-18(2)23(15-17)25-19(3)16-24-20-11-13-22(14-12-20)26-21-7-5-4-6-8-21/h4-15,19,24H,16H2,1-3H3. The summed E-state index contributed by atoms with van der Waals surface area (Å²) in [7, 11) is 0. The number of ether oxygens (including phenoxy) is 2. The first-order chi connectivity index (χ1) is 12.6. The Morgan fingerprint density at radius 2 is 1.54 bits per heavy atom. The molecule has 1 unspecified atom stereocenters. The normalized spacial score (nSPS) is 11.7. The van der Waals surface area contributed by atoms with Crippen molar-refractivity contribution in [1.82, 2.24) is 0 Å². The summed E-state index contributed by atoms with van der Waals surface area (Å²) in [5.74, 6) is 2.61. The van der Waals surface area contributed by atoms with Gasteiger partial charge in [-0.05, 0) is 74.4 Å². The summed E-state index contributed by atoms with van der Waals surface area (Å²) in [4.78, 5) is 0. The van der Waals surface area contributed by atoms with E-state index in [1.165, 1.54) is 5.56 Å². The van der Waals surface area contributed by atoms with Crippen molar-refractivity contribution in [2.24, 2.45) is 0 Å². The monoisotopic (exact) mass is 347 g/mol. The topological polar surface area (TPSA) is 30.5 Å². The van der Waals surface area contributed by atoms with Crippen molar-refractivity contribution in [2.75, 3.05) is 11.9 Å². The Morgan fingerprint density at radius 1 is 0.846 bits per heavy atom. The number of para-hydroxylation sites is 1. The summed E-state index contributed by atoms with van der Waals surface area (Å²) < 4.78 is 11.9. The molecule has 0 aromatic heterocycles. The van der Waals surface area contributed by atoms with Gasteiger partial charge in [0.05, 0.1) is 6.54 Å². The van der Waals surface area contributed by atoms with E-state index in [9.17, 15) is 0 Å². The highest BCUT2D eigenvalue weighted by Crippen LogP contribution is 2.23. The minimum atomic E-state index is 0.0655. The summed E-state index contributed by atoms with van der Waals surface area (Å²) in [5, 5.41) is 3.41. The summed E-state index contributed by atoms with van der Waals surface area (Å²) in [5.41, 5.74) is 3.41. The van der Waals surface area contributed by atoms with Gasteiger partial charge in [0.15, 0.2) is 0 Å². The minimum absolute atomic E-state index is 0.0655.